The van der Waals surface area contributed by atoms with E-state index in [1.165, 1.54) is 4.90 Å². The topological polar surface area (TPSA) is 54.3 Å². The predicted molar refractivity (Wildman–Crippen MR) is 140 cm³/mol. The Balaban J connectivity index is 1.73. The van der Waals surface area contributed by atoms with Crippen LogP contribution in [0, 0.1) is 13.8 Å². The number of hydrogen-bond acceptors (Lipinski definition) is 3. The summed E-state index contributed by atoms with van der Waals surface area (Å²) in [5, 5.41) is 2.74. The number of hydrogen-bond donors (Lipinski definition) is 1. The number of nitrogens with zero attached hydrogens (tertiary/aromatic N) is 2. The number of halogens is 1. The molecule has 5 nitrogen and oxygen atoms in total. The van der Waals surface area contributed by atoms with E-state index in [-0.39, 0.29) is 10.7 Å². The average Bonchev–Trinajstić information content (AvgIpc) is 3.04. The maximum atomic E-state index is 13.4. The summed E-state index contributed by atoms with van der Waals surface area (Å²) in [4.78, 5) is 27.5. The van der Waals surface area contributed by atoms with E-state index in [2.05, 4.69) is 39.7 Å². The van der Waals surface area contributed by atoms with E-state index in [1.54, 1.807) is 6.08 Å². The molecule has 2 heterocycles. The van der Waals surface area contributed by atoms with E-state index in [0.29, 0.717) is 11.6 Å². The normalized spacial score (nSPS) is 15.5. The lowest BCUT2D eigenvalue weighted by molar-refractivity contribution is -0.122. The summed E-state index contributed by atoms with van der Waals surface area (Å²) in [6, 6.07) is 17.6. The van der Waals surface area contributed by atoms with Crippen LogP contribution in [0.5, 0.6) is 0 Å². The quantitative estimate of drug-likeness (QED) is 0.267. The largest absolute Gasteiger partial charge is 0.318 e. The predicted octanol–water partition coefficient (Wildman–Crippen LogP) is 5.81. The van der Waals surface area contributed by atoms with Crippen LogP contribution < -0.4 is 10.2 Å². The van der Waals surface area contributed by atoms with Crippen molar-refractivity contribution in [2.75, 3.05) is 4.90 Å². The molecule has 2 aromatic carbocycles. The Morgan fingerprint density at radius 3 is 2.33 bits per heavy atom. The highest BCUT2D eigenvalue weighted by atomic mass is 79.9. The Kier molecular flexibility index (Phi) is 6.36. The van der Waals surface area contributed by atoms with Gasteiger partial charge in [-0.05, 0) is 85.6 Å². The summed E-state index contributed by atoms with van der Waals surface area (Å²) in [6.45, 7) is 8.18. The number of aromatic nitrogens is 1. The fourth-order valence-corrected chi connectivity index (χ4v) is 4.67. The molecule has 33 heavy (non-hydrogen) atoms. The Morgan fingerprint density at radius 1 is 1.00 bits per heavy atom. The number of benzene rings is 2. The number of nitrogens with one attached hydrogen (secondary N) is 1. The Hall–Kier alpha value is -3.03. The van der Waals surface area contributed by atoms with Gasteiger partial charge >= 0.3 is 0 Å². The summed E-state index contributed by atoms with van der Waals surface area (Å²) in [5.74, 6) is -0.556. The van der Waals surface area contributed by atoms with Crippen LogP contribution in [-0.2, 0) is 9.59 Å². The monoisotopic (exact) mass is 521 g/mol. The molecule has 1 aromatic heterocycles. The summed E-state index contributed by atoms with van der Waals surface area (Å²) in [5.41, 5.74) is 5.56. The van der Waals surface area contributed by atoms with Crippen molar-refractivity contribution in [3.63, 3.8) is 0 Å². The second-order valence-corrected chi connectivity index (χ2v) is 9.65. The standard InChI is InChI=1S/C26H24BrN3O2S/c1-15(2)18-8-10-21(11-9-18)30-25(32)23(24(31)28-26(30)33)13-19-12-16(3)29(17(19)4)22-7-5-6-20(27)14-22/h5-15H,1-4H3,(H,28,31,33)/b23-13+. The average molecular weight is 522 g/mol. The van der Waals surface area contributed by atoms with Gasteiger partial charge in [-0.3, -0.25) is 19.8 Å². The molecule has 1 fully saturated rings. The van der Waals surface area contributed by atoms with Gasteiger partial charge in [0, 0.05) is 21.5 Å². The molecule has 3 aromatic rings. The van der Waals surface area contributed by atoms with Crippen molar-refractivity contribution in [2.45, 2.75) is 33.6 Å². The van der Waals surface area contributed by atoms with Crippen LogP contribution in [0.15, 0.2) is 64.6 Å². The van der Waals surface area contributed by atoms with Crippen molar-refractivity contribution in [3.8, 4) is 5.69 Å². The molecule has 0 spiro atoms. The van der Waals surface area contributed by atoms with Gasteiger partial charge in [0.25, 0.3) is 11.8 Å². The first-order valence-corrected chi connectivity index (χ1v) is 11.8. The number of thiocarbonyl (C=S) groups is 1. The highest BCUT2D eigenvalue weighted by molar-refractivity contribution is 9.10. The van der Waals surface area contributed by atoms with Crippen LogP contribution in [0.4, 0.5) is 5.69 Å². The second kappa shape index (κ2) is 9.08. The Bertz CT molecular complexity index is 1310. The van der Waals surface area contributed by atoms with Crippen LogP contribution in [-0.4, -0.2) is 21.5 Å². The van der Waals surface area contributed by atoms with Crippen molar-refractivity contribution in [2.24, 2.45) is 0 Å². The molecule has 7 heteroatoms. The van der Waals surface area contributed by atoms with Crippen molar-refractivity contribution in [1.29, 1.82) is 0 Å². The first kappa shape index (κ1) is 23.1. The number of anilines is 1. The molecule has 1 N–H and O–H groups in total. The highest BCUT2D eigenvalue weighted by Crippen LogP contribution is 2.28. The summed E-state index contributed by atoms with van der Waals surface area (Å²) in [7, 11) is 0. The van der Waals surface area contributed by atoms with Crippen LogP contribution in [0.1, 0.15) is 42.3 Å². The minimum absolute atomic E-state index is 0.0472. The zero-order chi connectivity index (χ0) is 23.9. The lowest BCUT2D eigenvalue weighted by atomic mass is 10.0. The van der Waals surface area contributed by atoms with Crippen molar-refractivity contribution < 1.29 is 9.59 Å². The third-order valence-corrected chi connectivity index (χ3v) is 6.53. The number of carbonyl (C=O) groups is 2. The number of rotatable bonds is 4. The third kappa shape index (κ3) is 4.43. The second-order valence-electron chi connectivity index (χ2n) is 8.35. The molecule has 168 valence electrons. The Labute approximate surface area is 207 Å². The SMILES string of the molecule is Cc1cc(/C=C2\C(=O)NC(=S)N(c3ccc(C(C)C)cc3)C2=O)c(C)n1-c1cccc(Br)c1. The van der Waals surface area contributed by atoms with Crippen molar-refractivity contribution in [3.05, 3.63) is 87.2 Å². The molecule has 0 aliphatic carbocycles. The van der Waals surface area contributed by atoms with Gasteiger partial charge in [0.05, 0.1) is 5.69 Å². The molecule has 1 aliphatic rings. The maximum Gasteiger partial charge on any atom is 0.270 e. The first-order chi connectivity index (χ1) is 15.7. The fraction of sp³-hybridized carbons (Fsp3) is 0.192. The molecule has 0 saturated carbocycles. The molecule has 0 bridgehead atoms. The minimum Gasteiger partial charge on any atom is -0.318 e. The minimum atomic E-state index is -0.493. The smallest absolute Gasteiger partial charge is 0.270 e. The summed E-state index contributed by atoms with van der Waals surface area (Å²) >= 11 is 8.85. The van der Waals surface area contributed by atoms with Gasteiger partial charge in [-0.25, -0.2) is 0 Å². The van der Waals surface area contributed by atoms with Gasteiger partial charge in [-0.1, -0.05) is 48.0 Å². The molecular weight excluding hydrogens is 498 g/mol. The molecule has 0 atom stereocenters. The number of amides is 2. The molecule has 0 unspecified atom stereocenters. The number of carbonyl (C=O) groups excluding carboxylic acids is 2. The van der Waals surface area contributed by atoms with Gasteiger partial charge in [-0.15, -0.1) is 0 Å². The van der Waals surface area contributed by atoms with Gasteiger partial charge in [-0.2, -0.15) is 0 Å². The van der Waals surface area contributed by atoms with E-state index >= 15 is 0 Å². The molecule has 1 saturated heterocycles. The third-order valence-electron chi connectivity index (χ3n) is 5.76. The fourth-order valence-electron chi connectivity index (χ4n) is 4.00. The molecule has 0 radical (unpaired) electrons. The van der Waals surface area contributed by atoms with E-state index < -0.39 is 11.8 Å². The first-order valence-electron chi connectivity index (χ1n) is 10.6. The van der Waals surface area contributed by atoms with Gasteiger partial charge < -0.3 is 4.57 Å². The van der Waals surface area contributed by atoms with Crippen LogP contribution in [0.2, 0.25) is 0 Å². The van der Waals surface area contributed by atoms with Crippen molar-refractivity contribution in [1.82, 2.24) is 9.88 Å². The zero-order valence-electron chi connectivity index (χ0n) is 18.8. The van der Waals surface area contributed by atoms with Crippen LogP contribution in [0.25, 0.3) is 11.8 Å². The molecule has 1 aliphatic heterocycles. The van der Waals surface area contributed by atoms with E-state index in [4.69, 9.17) is 12.2 Å². The Morgan fingerprint density at radius 2 is 1.70 bits per heavy atom. The molecular formula is C26H24BrN3O2S. The summed E-state index contributed by atoms with van der Waals surface area (Å²) < 4.78 is 3.07. The van der Waals surface area contributed by atoms with Crippen LogP contribution >= 0.6 is 28.1 Å². The van der Waals surface area contributed by atoms with Gasteiger partial charge in [0.1, 0.15) is 5.57 Å². The summed E-state index contributed by atoms with van der Waals surface area (Å²) in [6.07, 6.45) is 1.64. The maximum absolute atomic E-state index is 13.4. The molecule has 4 rings (SSSR count). The van der Waals surface area contributed by atoms with E-state index in [1.807, 2.05) is 68.4 Å². The van der Waals surface area contributed by atoms with Crippen LogP contribution in [0.3, 0.4) is 0 Å². The van der Waals surface area contributed by atoms with E-state index in [0.717, 1.165) is 32.7 Å². The van der Waals surface area contributed by atoms with E-state index in [9.17, 15) is 9.59 Å². The van der Waals surface area contributed by atoms with Gasteiger partial charge in [0.15, 0.2) is 5.11 Å². The highest BCUT2D eigenvalue weighted by Gasteiger charge is 2.34. The molecule has 2 amide bonds. The lowest BCUT2D eigenvalue weighted by Crippen LogP contribution is -2.54. The zero-order valence-corrected chi connectivity index (χ0v) is 21.3. The lowest BCUT2D eigenvalue weighted by Gasteiger charge is -2.29. The van der Waals surface area contributed by atoms with Crippen molar-refractivity contribution >= 4 is 56.8 Å². The van der Waals surface area contributed by atoms with Gasteiger partial charge in [0.2, 0.25) is 0 Å². The number of aryl methyl sites for hydroxylation is 1.